The molecule has 0 aliphatic heterocycles. The number of hydrogen-bond acceptors (Lipinski definition) is 7. The predicted octanol–water partition coefficient (Wildman–Crippen LogP) is 1.32. The quantitative estimate of drug-likeness (QED) is 0.756. The van der Waals surface area contributed by atoms with Crippen LogP contribution in [-0.2, 0) is 16.1 Å². The van der Waals surface area contributed by atoms with Crippen molar-refractivity contribution in [3.05, 3.63) is 10.7 Å². The first-order chi connectivity index (χ1) is 9.52. The number of carbonyl (C=O) groups excluding carboxylic acids is 1. The van der Waals surface area contributed by atoms with Crippen molar-refractivity contribution >= 4 is 27.8 Å². The van der Waals surface area contributed by atoms with E-state index in [1.54, 1.807) is 32.1 Å². The average molecular weight is 344 g/mol. The van der Waals surface area contributed by atoms with Crippen LogP contribution in [0.1, 0.15) is 6.92 Å². The van der Waals surface area contributed by atoms with Crippen LogP contribution in [0, 0.1) is 0 Å². The van der Waals surface area contributed by atoms with Gasteiger partial charge in [0.05, 0.1) is 17.3 Å². The van der Waals surface area contributed by atoms with Crippen molar-refractivity contribution in [2.24, 2.45) is 0 Å². The van der Waals surface area contributed by atoms with Crippen LogP contribution in [0.15, 0.2) is 15.2 Å². The predicted molar refractivity (Wildman–Crippen MR) is 74.2 cm³/mol. The van der Waals surface area contributed by atoms with Crippen LogP contribution < -0.4 is 4.90 Å². The molecule has 0 unspecified atom stereocenters. The first-order valence-corrected chi connectivity index (χ1v) is 6.70. The van der Waals surface area contributed by atoms with Crippen molar-refractivity contribution in [2.75, 3.05) is 25.6 Å². The van der Waals surface area contributed by atoms with Gasteiger partial charge >= 0.3 is 5.97 Å². The van der Waals surface area contributed by atoms with Gasteiger partial charge in [0.25, 0.3) is 11.8 Å². The molecule has 2 aromatic rings. The summed E-state index contributed by atoms with van der Waals surface area (Å²) in [4.78, 5) is 17.5. The van der Waals surface area contributed by atoms with Gasteiger partial charge in [-0.1, -0.05) is 0 Å². The fourth-order valence-electron chi connectivity index (χ4n) is 1.52. The van der Waals surface area contributed by atoms with Crippen molar-refractivity contribution in [1.29, 1.82) is 0 Å². The Morgan fingerprint density at radius 2 is 2.30 bits per heavy atom. The fourth-order valence-corrected chi connectivity index (χ4v) is 1.98. The number of carbonyl (C=O) groups is 1. The van der Waals surface area contributed by atoms with Crippen LogP contribution in [0.5, 0.6) is 0 Å². The molecule has 0 aromatic carbocycles. The third kappa shape index (κ3) is 2.98. The molecule has 0 atom stereocenters. The zero-order chi connectivity index (χ0) is 14.7. The van der Waals surface area contributed by atoms with Gasteiger partial charge < -0.3 is 14.2 Å². The maximum Gasteiger partial charge on any atom is 0.327 e. The SMILES string of the molecule is CCOC(=O)Cn1ncc(Br)c1-c1nc(N(C)C)no1. The highest BCUT2D eigenvalue weighted by molar-refractivity contribution is 9.10. The number of anilines is 1. The fraction of sp³-hybridized carbons (Fsp3) is 0.455. The Bertz CT molecular complexity index is 607. The Morgan fingerprint density at radius 3 is 2.90 bits per heavy atom. The molecule has 0 saturated carbocycles. The van der Waals surface area contributed by atoms with E-state index in [0.717, 1.165) is 0 Å². The van der Waals surface area contributed by atoms with Gasteiger partial charge in [0.1, 0.15) is 12.2 Å². The Morgan fingerprint density at radius 1 is 1.55 bits per heavy atom. The molecule has 2 aromatic heterocycles. The third-order valence-electron chi connectivity index (χ3n) is 2.40. The summed E-state index contributed by atoms with van der Waals surface area (Å²) in [6, 6.07) is 0. The summed E-state index contributed by atoms with van der Waals surface area (Å²) in [6.45, 7) is 2.05. The zero-order valence-electron chi connectivity index (χ0n) is 11.3. The summed E-state index contributed by atoms with van der Waals surface area (Å²) in [5.41, 5.74) is 0.540. The molecule has 2 rings (SSSR count). The molecule has 2 heterocycles. The molecule has 0 aliphatic rings. The molecule has 0 radical (unpaired) electrons. The molecule has 9 heteroatoms. The van der Waals surface area contributed by atoms with E-state index in [1.807, 2.05) is 0 Å². The minimum Gasteiger partial charge on any atom is -0.465 e. The van der Waals surface area contributed by atoms with Crippen LogP contribution in [0.4, 0.5) is 5.95 Å². The second-order valence-electron chi connectivity index (χ2n) is 4.10. The molecular weight excluding hydrogens is 330 g/mol. The van der Waals surface area contributed by atoms with Crippen LogP contribution in [0.2, 0.25) is 0 Å². The molecule has 0 saturated heterocycles. The van der Waals surface area contributed by atoms with Crippen LogP contribution >= 0.6 is 15.9 Å². The topological polar surface area (TPSA) is 86.3 Å². The Kier molecular flexibility index (Phi) is 4.38. The van der Waals surface area contributed by atoms with E-state index in [0.29, 0.717) is 22.7 Å². The molecule has 20 heavy (non-hydrogen) atoms. The second-order valence-corrected chi connectivity index (χ2v) is 4.95. The molecule has 0 fully saturated rings. The van der Waals surface area contributed by atoms with Gasteiger partial charge in [0, 0.05) is 14.1 Å². The number of ether oxygens (including phenoxy) is 1. The van der Waals surface area contributed by atoms with Gasteiger partial charge in [-0.25, -0.2) is 4.68 Å². The molecule has 108 valence electrons. The van der Waals surface area contributed by atoms with Gasteiger partial charge in [0.2, 0.25) is 0 Å². The molecule has 0 N–H and O–H groups in total. The number of hydrogen-bond donors (Lipinski definition) is 0. The summed E-state index contributed by atoms with van der Waals surface area (Å²) < 4.78 is 12.2. The van der Waals surface area contributed by atoms with E-state index in [9.17, 15) is 4.79 Å². The van der Waals surface area contributed by atoms with Crippen molar-refractivity contribution in [2.45, 2.75) is 13.5 Å². The Hall–Kier alpha value is -1.90. The van der Waals surface area contributed by atoms with Crippen molar-refractivity contribution in [3.8, 4) is 11.6 Å². The summed E-state index contributed by atoms with van der Waals surface area (Å²) in [7, 11) is 3.61. The standard InChI is InChI=1S/C11H14BrN5O3/c1-4-19-8(18)6-17-9(7(12)5-13-17)10-14-11(15-20-10)16(2)3/h5H,4,6H2,1-3H3. The Labute approximate surface area is 123 Å². The number of nitrogens with zero attached hydrogens (tertiary/aromatic N) is 5. The normalized spacial score (nSPS) is 10.6. The maximum absolute atomic E-state index is 11.5. The lowest BCUT2D eigenvalue weighted by atomic mass is 10.4. The minimum atomic E-state index is -0.378. The maximum atomic E-state index is 11.5. The summed E-state index contributed by atoms with van der Waals surface area (Å²) in [5.74, 6) is 0.342. The highest BCUT2D eigenvalue weighted by Crippen LogP contribution is 2.27. The molecule has 0 aliphatic carbocycles. The minimum absolute atomic E-state index is 0.0194. The zero-order valence-corrected chi connectivity index (χ0v) is 12.9. The van der Waals surface area contributed by atoms with Crippen LogP contribution in [0.3, 0.4) is 0 Å². The van der Waals surface area contributed by atoms with Gasteiger partial charge in [-0.05, 0) is 28.0 Å². The lowest BCUT2D eigenvalue weighted by Crippen LogP contribution is -2.15. The summed E-state index contributed by atoms with van der Waals surface area (Å²) >= 11 is 3.35. The largest absolute Gasteiger partial charge is 0.465 e. The van der Waals surface area contributed by atoms with Gasteiger partial charge in [-0.3, -0.25) is 4.79 Å². The Balaban J connectivity index is 2.30. The van der Waals surface area contributed by atoms with E-state index in [1.165, 1.54) is 4.68 Å². The van der Waals surface area contributed by atoms with Gasteiger partial charge in [-0.2, -0.15) is 10.1 Å². The summed E-state index contributed by atoms with van der Waals surface area (Å²) in [6.07, 6.45) is 1.56. The number of rotatable bonds is 5. The molecular formula is C11H14BrN5O3. The monoisotopic (exact) mass is 343 g/mol. The smallest absolute Gasteiger partial charge is 0.327 e. The van der Waals surface area contributed by atoms with Crippen molar-refractivity contribution < 1.29 is 14.1 Å². The van der Waals surface area contributed by atoms with Crippen LogP contribution in [0.25, 0.3) is 11.6 Å². The van der Waals surface area contributed by atoms with Gasteiger partial charge in [-0.15, -0.1) is 0 Å². The first kappa shape index (κ1) is 14.5. The lowest BCUT2D eigenvalue weighted by molar-refractivity contribution is -0.144. The number of halogens is 1. The van der Waals surface area contributed by atoms with E-state index < -0.39 is 0 Å². The van der Waals surface area contributed by atoms with Crippen molar-refractivity contribution in [1.82, 2.24) is 19.9 Å². The number of esters is 1. The lowest BCUT2D eigenvalue weighted by Gasteiger charge is -2.05. The highest BCUT2D eigenvalue weighted by Gasteiger charge is 2.20. The highest BCUT2D eigenvalue weighted by atomic mass is 79.9. The molecule has 0 bridgehead atoms. The number of aromatic nitrogens is 4. The van der Waals surface area contributed by atoms with Crippen LogP contribution in [-0.4, -0.2) is 46.6 Å². The van der Waals surface area contributed by atoms with Gasteiger partial charge in [0.15, 0.2) is 0 Å². The third-order valence-corrected chi connectivity index (χ3v) is 2.98. The first-order valence-electron chi connectivity index (χ1n) is 5.91. The average Bonchev–Trinajstić information content (AvgIpc) is 2.97. The molecule has 0 spiro atoms. The summed E-state index contributed by atoms with van der Waals surface area (Å²) in [5, 5.41) is 7.93. The molecule has 8 nitrogen and oxygen atoms in total. The van der Waals surface area contributed by atoms with E-state index in [-0.39, 0.29) is 18.4 Å². The van der Waals surface area contributed by atoms with E-state index in [4.69, 9.17) is 9.26 Å². The van der Waals surface area contributed by atoms with Crippen molar-refractivity contribution in [3.63, 3.8) is 0 Å². The molecule has 0 amide bonds. The van der Waals surface area contributed by atoms with E-state index >= 15 is 0 Å². The second kappa shape index (κ2) is 6.04. The van der Waals surface area contributed by atoms with E-state index in [2.05, 4.69) is 31.2 Å².